The molecule has 0 radical (unpaired) electrons. The van der Waals surface area contributed by atoms with E-state index in [0.717, 1.165) is 45.9 Å². The molecule has 1 saturated heterocycles. The largest absolute Gasteiger partial charge is 0.353 e. The minimum absolute atomic E-state index is 0.0388. The summed E-state index contributed by atoms with van der Waals surface area (Å²) in [6, 6.07) is 8.20. The van der Waals surface area contributed by atoms with Gasteiger partial charge in [0.05, 0.1) is 22.5 Å². The molecule has 0 saturated carbocycles. The van der Waals surface area contributed by atoms with E-state index in [1.165, 1.54) is 0 Å². The number of hydrogen-bond donors (Lipinski definition) is 0. The molecule has 5 rings (SSSR count). The van der Waals surface area contributed by atoms with Crippen molar-refractivity contribution >= 4 is 33.7 Å². The van der Waals surface area contributed by atoms with Gasteiger partial charge in [-0.2, -0.15) is 0 Å². The van der Waals surface area contributed by atoms with Crippen molar-refractivity contribution in [3.8, 4) is 10.6 Å². The molecular weight excluding hydrogens is 408 g/mol. The van der Waals surface area contributed by atoms with Gasteiger partial charge in [-0.3, -0.25) is 19.7 Å². The van der Waals surface area contributed by atoms with E-state index >= 15 is 0 Å². The zero-order chi connectivity index (χ0) is 21.4. The second kappa shape index (κ2) is 8.13. The van der Waals surface area contributed by atoms with Gasteiger partial charge in [0.1, 0.15) is 5.82 Å². The molecule has 1 aliphatic rings. The van der Waals surface area contributed by atoms with Crippen LogP contribution in [0, 0.1) is 0 Å². The molecule has 0 N–H and O–H groups in total. The maximum absolute atomic E-state index is 12.9. The van der Waals surface area contributed by atoms with Crippen molar-refractivity contribution in [1.82, 2.24) is 24.8 Å². The lowest BCUT2D eigenvalue weighted by Crippen LogP contribution is -2.57. The monoisotopic (exact) mass is 430 g/mol. The number of aromatic nitrogens is 4. The Kier molecular flexibility index (Phi) is 5.17. The molecule has 8 heteroatoms. The fourth-order valence-corrected chi connectivity index (χ4v) is 4.25. The van der Waals surface area contributed by atoms with Crippen molar-refractivity contribution in [2.45, 2.75) is 12.5 Å². The van der Waals surface area contributed by atoms with Crippen LogP contribution in [0.25, 0.3) is 21.3 Å². The number of carbonyl (C=O) groups is 1. The van der Waals surface area contributed by atoms with Gasteiger partial charge < -0.3 is 9.80 Å². The number of likely N-dealkylation sites (N-methyl/N-ethyl adjacent to an activating group) is 1. The summed E-state index contributed by atoms with van der Waals surface area (Å²) in [5.74, 6) is 0.896. The van der Waals surface area contributed by atoms with Crippen molar-refractivity contribution in [2.75, 3.05) is 32.1 Å². The Balaban J connectivity index is 1.34. The molecule has 1 fully saturated rings. The number of rotatable bonds is 6. The normalized spacial score (nSPS) is 14.2. The number of hydrogen-bond acceptors (Lipinski definition) is 8. The lowest BCUT2D eigenvalue weighted by Gasteiger charge is -2.43. The molecule has 4 aromatic rings. The van der Waals surface area contributed by atoms with Crippen LogP contribution in [0.5, 0.6) is 0 Å². The highest BCUT2D eigenvalue weighted by atomic mass is 32.1. The highest BCUT2D eigenvalue weighted by Gasteiger charge is 2.29. The lowest BCUT2D eigenvalue weighted by molar-refractivity contribution is 0.0992. The van der Waals surface area contributed by atoms with Crippen molar-refractivity contribution in [1.29, 1.82) is 0 Å². The van der Waals surface area contributed by atoms with E-state index in [9.17, 15) is 4.79 Å². The maximum atomic E-state index is 12.9. The molecule has 31 heavy (non-hydrogen) atoms. The molecular formula is C23H22N6OS. The summed E-state index contributed by atoms with van der Waals surface area (Å²) in [6.45, 7) is 1.86. The van der Waals surface area contributed by atoms with E-state index in [1.54, 1.807) is 35.3 Å². The van der Waals surface area contributed by atoms with Crippen LogP contribution in [-0.4, -0.2) is 63.8 Å². The lowest BCUT2D eigenvalue weighted by atomic mass is 10.0. The summed E-state index contributed by atoms with van der Waals surface area (Å²) in [5, 5.41) is 1.96. The number of thiazole rings is 1. The standard InChI is InChI=1S/C23H22N6OS/c1-28(2)19-12-29(13-19)23-7-15(3-4-25-23)21(30)8-18-5-16-6-20(22-11-24-14-31-22)27-10-17(16)9-26-18/h3-7,9-11,14,19H,8,12-13H2,1-2H3. The molecule has 1 aliphatic heterocycles. The predicted molar refractivity (Wildman–Crippen MR) is 123 cm³/mol. The first kappa shape index (κ1) is 19.7. The highest BCUT2D eigenvalue weighted by molar-refractivity contribution is 7.13. The molecule has 0 unspecified atom stereocenters. The van der Waals surface area contributed by atoms with Gasteiger partial charge in [0.25, 0.3) is 0 Å². The number of carbonyl (C=O) groups excluding carboxylic acids is 1. The molecule has 0 spiro atoms. The minimum Gasteiger partial charge on any atom is -0.353 e. The van der Waals surface area contributed by atoms with E-state index in [-0.39, 0.29) is 12.2 Å². The summed E-state index contributed by atoms with van der Waals surface area (Å²) in [6.07, 6.45) is 7.36. The average Bonchev–Trinajstić information content (AvgIpc) is 3.27. The van der Waals surface area contributed by atoms with E-state index in [4.69, 9.17) is 0 Å². The van der Waals surface area contributed by atoms with Gasteiger partial charge in [0.15, 0.2) is 5.78 Å². The number of fused-ring (bicyclic) bond motifs is 1. The van der Waals surface area contributed by atoms with Crippen LogP contribution in [0.15, 0.2) is 54.6 Å². The topological polar surface area (TPSA) is 75.1 Å². The molecule has 0 aliphatic carbocycles. The van der Waals surface area contributed by atoms with Gasteiger partial charge in [-0.1, -0.05) is 0 Å². The predicted octanol–water partition coefficient (Wildman–Crippen LogP) is 3.32. The van der Waals surface area contributed by atoms with Crippen LogP contribution in [0.4, 0.5) is 5.82 Å². The van der Waals surface area contributed by atoms with Gasteiger partial charge in [-0.05, 0) is 43.7 Å². The van der Waals surface area contributed by atoms with Crippen LogP contribution < -0.4 is 4.90 Å². The van der Waals surface area contributed by atoms with Crippen LogP contribution in [0.1, 0.15) is 16.1 Å². The van der Waals surface area contributed by atoms with Crippen molar-refractivity contribution in [3.05, 3.63) is 65.8 Å². The zero-order valence-electron chi connectivity index (χ0n) is 17.4. The van der Waals surface area contributed by atoms with Crippen molar-refractivity contribution < 1.29 is 4.79 Å². The Morgan fingerprint density at radius 1 is 1.10 bits per heavy atom. The Labute approximate surface area is 184 Å². The zero-order valence-corrected chi connectivity index (χ0v) is 18.2. The van der Waals surface area contributed by atoms with Gasteiger partial charge in [0, 0.05) is 60.6 Å². The summed E-state index contributed by atoms with van der Waals surface area (Å²) in [7, 11) is 4.17. The molecule has 0 bridgehead atoms. The quantitative estimate of drug-likeness (QED) is 0.434. The van der Waals surface area contributed by atoms with Crippen molar-refractivity contribution in [2.24, 2.45) is 0 Å². The van der Waals surface area contributed by atoms with Crippen LogP contribution in [0.3, 0.4) is 0 Å². The van der Waals surface area contributed by atoms with Crippen LogP contribution >= 0.6 is 11.3 Å². The summed E-state index contributed by atoms with van der Waals surface area (Å²) in [5.41, 5.74) is 4.08. The summed E-state index contributed by atoms with van der Waals surface area (Å²) >= 11 is 1.55. The fourth-order valence-electron chi connectivity index (χ4n) is 3.66. The van der Waals surface area contributed by atoms with Crippen molar-refractivity contribution in [3.63, 3.8) is 0 Å². The molecule has 5 heterocycles. The molecule has 0 atom stereocenters. The van der Waals surface area contributed by atoms with Gasteiger partial charge >= 0.3 is 0 Å². The Bertz CT molecular complexity index is 1230. The van der Waals surface area contributed by atoms with Gasteiger partial charge in [-0.25, -0.2) is 4.98 Å². The third kappa shape index (κ3) is 4.04. The SMILES string of the molecule is CN(C)C1CN(c2cc(C(=O)Cc3cc4cc(-c5cncs5)ncc4cn3)ccn2)C1. The number of Topliss-reactive ketones (excluding diaryl/α,β-unsaturated/α-hetero) is 1. The second-order valence-electron chi connectivity index (χ2n) is 7.98. The van der Waals surface area contributed by atoms with E-state index in [0.29, 0.717) is 11.6 Å². The first-order chi connectivity index (χ1) is 15.1. The Hall–Kier alpha value is -3.23. The average molecular weight is 431 g/mol. The van der Waals surface area contributed by atoms with E-state index in [1.807, 2.05) is 30.6 Å². The molecule has 0 amide bonds. The number of anilines is 1. The Morgan fingerprint density at radius 3 is 2.71 bits per heavy atom. The van der Waals surface area contributed by atoms with Gasteiger partial charge in [0.2, 0.25) is 0 Å². The number of ketones is 1. The second-order valence-corrected chi connectivity index (χ2v) is 8.87. The first-order valence-corrected chi connectivity index (χ1v) is 11.0. The van der Waals surface area contributed by atoms with E-state index < -0.39 is 0 Å². The van der Waals surface area contributed by atoms with Gasteiger partial charge in [-0.15, -0.1) is 11.3 Å². The smallest absolute Gasteiger partial charge is 0.169 e. The molecule has 4 aromatic heterocycles. The van der Waals surface area contributed by atoms with Crippen LogP contribution in [-0.2, 0) is 6.42 Å². The summed E-state index contributed by atoms with van der Waals surface area (Å²) < 4.78 is 0. The Morgan fingerprint density at radius 2 is 1.94 bits per heavy atom. The summed E-state index contributed by atoms with van der Waals surface area (Å²) in [4.78, 5) is 35.9. The molecule has 0 aromatic carbocycles. The number of nitrogens with zero attached hydrogens (tertiary/aromatic N) is 6. The number of pyridine rings is 3. The highest BCUT2D eigenvalue weighted by Crippen LogP contribution is 2.25. The van der Waals surface area contributed by atoms with E-state index in [2.05, 4.69) is 43.8 Å². The fraction of sp³-hybridized carbons (Fsp3) is 0.261. The third-order valence-corrected chi connectivity index (χ3v) is 6.47. The maximum Gasteiger partial charge on any atom is 0.169 e. The minimum atomic E-state index is 0.0388. The molecule has 156 valence electrons. The first-order valence-electron chi connectivity index (χ1n) is 10.1. The third-order valence-electron chi connectivity index (χ3n) is 5.67. The molecule has 7 nitrogen and oxygen atoms in total. The van der Waals surface area contributed by atoms with Crippen LogP contribution in [0.2, 0.25) is 0 Å².